The van der Waals surface area contributed by atoms with Crippen molar-refractivity contribution in [2.24, 2.45) is 0 Å². The summed E-state index contributed by atoms with van der Waals surface area (Å²) in [5.74, 6) is -0.234. The maximum atomic E-state index is 12.0. The predicted octanol–water partition coefficient (Wildman–Crippen LogP) is 3.89. The van der Waals surface area contributed by atoms with Crippen molar-refractivity contribution >= 4 is 18.0 Å². The molecule has 0 unspecified atom stereocenters. The van der Waals surface area contributed by atoms with E-state index in [2.05, 4.69) is 10.1 Å². The summed E-state index contributed by atoms with van der Waals surface area (Å²) in [6.07, 6.45) is 6.91. The third-order valence-corrected chi connectivity index (χ3v) is 3.57. The molecule has 1 rings (SSSR count). The summed E-state index contributed by atoms with van der Waals surface area (Å²) in [6.45, 7) is 4.41. The lowest BCUT2D eigenvalue weighted by Crippen LogP contribution is -2.25. The van der Waals surface area contributed by atoms with Gasteiger partial charge >= 0.3 is 5.97 Å². The molecule has 0 atom stereocenters. The molecular weight excluding hydrogens is 302 g/mol. The summed E-state index contributed by atoms with van der Waals surface area (Å²) in [5, 5.41) is 2.90. The number of allylic oxidation sites excluding steroid dienone is 2. The van der Waals surface area contributed by atoms with Gasteiger partial charge in [0.25, 0.3) is 0 Å². The lowest BCUT2D eigenvalue weighted by molar-refractivity contribution is -0.140. The molecule has 0 aliphatic carbocycles. The summed E-state index contributed by atoms with van der Waals surface area (Å²) < 4.78 is 4.58. The number of hydrogen-bond acceptors (Lipinski definition) is 3. The van der Waals surface area contributed by atoms with Gasteiger partial charge < -0.3 is 10.1 Å². The Balaban J connectivity index is 2.33. The van der Waals surface area contributed by atoms with Gasteiger partial charge in [-0.15, -0.1) is 0 Å². The Hall–Kier alpha value is -2.36. The van der Waals surface area contributed by atoms with Gasteiger partial charge in [-0.1, -0.05) is 54.5 Å². The van der Waals surface area contributed by atoms with Crippen LogP contribution < -0.4 is 5.32 Å². The third-order valence-electron chi connectivity index (χ3n) is 3.57. The molecule has 1 N–H and O–H groups in total. The molecule has 0 heterocycles. The molecule has 1 aromatic carbocycles. The number of esters is 1. The monoisotopic (exact) mass is 329 g/mol. The first kappa shape index (κ1) is 19.7. The number of carbonyl (C=O) groups is 2. The van der Waals surface area contributed by atoms with E-state index >= 15 is 0 Å². The Kier molecular flexibility index (Phi) is 9.20. The highest BCUT2D eigenvalue weighted by Gasteiger charge is 2.04. The zero-order valence-electron chi connectivity index (χ0n) is 14.8. The number of ether oxygens (including phenoxy) is 1. The molecule has 4 nitrogen and oxygen atoms in total. The van der Waals surface area contributed by atoms with E-state index in [-0.39, 0.29) is 11.9 Å². The maximum Gasteiger partial charge on any atom is 0.305 e. The topological polar surface area (TPSA) is 55.4 Å². The van der Waals surface area contributed by atoms with Crippen LogP contribution in [-0.4, -0.2) is 25.5 Å². The fraction of sp³-hybridized carbons (Fsp3) is 0.400. The van der Waals surface area contributed by atoms with Crippen molar-refractivity contribution in [1.29, 1.82) is 0 Å². The van der Waals surface area contributed by atoms with Crippen molar-refractivity contribution in [2.45, 2.75) is 39.5 Å². The number of benzene rings is 1. The second kappa shape index (κ2) is 11.2. The minimum absolute atomic E-state index is 0.0521. The van der Waals surface area contributed by atoms with Crippen LogP contribution in [0, 0.1) is 0 Å². The van der Waals surface area contributed by atoms with Gasteiger partial charge in [0.2, 0.25) is 5.91 Å². The van der Waals surface area contributed by atoms with Gasteiger partial charge in [0, 0.05) is 18.5 Å². The highest BCUT2D eigenvalue weighted by atomic mass is 16.5. The van der Waals surface area contributed by atoms with E-state index in [4.69, 9.17) is 0 Å². The van der Waals surface area contributed by atoms with Crippen LogP contribution in [0.1, 0.15) is 45.1 Å². The average molecular weight is 329 g/mol. The molecular formula is C20H27NO3. The lowest BCUT2D eigenvalue weighted by atomic mass is 10.1. The van der Waals surface area contributed by atoms with Crippen LogP contribution in [-0.2, 0) is 14.3 Å². The quantitative estimate of drug-likeness (QED) is 0.324. The number of amides is 1. The number of nitrogens with one attached hydrogen (secondary N) is 1. The minimum atomic E-state index is -0.182. The van der Waals surface area contributed by atoms with Gasteiger partial charge in [0.15, 0.2) is 0 Å². The van der Waals surface area contributed by atoms with E-state index in [1.807, 2.05) is 56.3 Å². The molecule has 0 bridgehead atoms. The lowest BCUT2D eigenvalue weighted by Gasteiger charge is -2.06. The van der Waals surface area contributed by atoms with Crippen LogP contribution >= 0.6 is 0 Å². The smallest absolute Gasteiger partial charge is 0.305 e. The summed E-state index contributed by atoms with van der Waals surface area (Å²) in [6, 6.07) is 10.0. The summed E-state index contributed by atoms with van der Waals surface area (Å²) >= 11 is 0. The van der Waals surface area contributed by atoms with Crippen molar-refractivity contribution in [2.75, 3.05) is 13.7 Å². The van der Waals surface area contributed by atoms with Gasteiger partial charge in [-0.3, -0.25) is 9.59 Å². The first-order valence-corrected chi connectivity index (χ1v) is 8.29. The first-order chi connectivity index (χ1) is 11.5. The zero-order valence-corrected chi connectivity index (χ0v) is 14.8. The molecule has 0 spiro atoms. The molecule has 0 saturated heterocycles. The van der Waals surface area contributed by atoms with E-state index < -0.39 is 0 Å². The predicted molar refractivity (Wildman–Crippen MR) is 97.3 cm³/mol. The fourth-order valence-electron chi connectivity index (χ4n) is 2.28. The maximum absolute atomic E-state index is 12.0. The summed E-state index contributed by atoms with van der Waals surface area (Å²) in [5.41, 5.74) is 2.84. The van der Waals surface area contributed by atoms with Crippen molar-refractivity contribution < 1.29 is 14.3 Å². The molecule has 0 aromatic heterocycles. The van der Waals surface area contributed by atoms with Crippen molar-refractivity contribution in [3.63, 3.8) is 0 Å². The van der Waals surface area contributed by atoms with E-state index in [0.717, 1.165) is 30.4 Å². The Labute approximate surface area is 144 Å². The Morgan fingerprint density at radius 3 is 2.46 bits per heavy atom. The summed E-state index contributed by atoms with van der Waals surface area (Å²) in [4.78, 5) is 23.0. The van der Waals surface area contributed by atoms with E-state index in [9.17, 15) is 9.59 Å². The molecule has 0 radical (unpaired) electrons. The molecule has 0 fully saturated rings. The van der Waals surface area contributed by atoms with E-state index in [1.165, 1.54) is 7.11 Å². The van der Waals surface area contributed by atoms with Crippen LogP contribution in [0.4, 0.5) is 0 Å². The number of methoxy groups -OCH3 is 1. The van der Waals surface area contributed by atoms with Crippen molar-refractivity contribution in [3.05, 3.63) is 53.1 Å². The largest absolute Gasteiger partial charge is 0.469 e. The van der Waals surface area contributed by atoms with Gasteiger partial charge in [-0.05, 0) is 32.3 Å². The second-order valence-corrected chi connectivity index (χ2v) is 5.77. The Morgan fingerprint density at radius 2 is 1.79 bits per heavy atom. The number of unbranched alkanes of at least 4 members (excludes halogenated alkanes) is 2. The van der Waals surface area contributed by atoms with Crippen molar-refractivity contribution in [3.8, 4) is 0 Å². The van der Waals surface area contributed by atoms with E-state index in [0.29, 0.717) is 18.5 Å². The normalized spacial score (nSPS) is 12.0. The highest BCUT2D eigenvalue weighted by molar-refractivity contribution is 5.93. The number of rotatable bonds is 9. The van der Waals surface area contributed by atoms with Gasteiger partial charge in [-0.2, -0.15) is 0 Å². The molecule has 1 amide bonds. The second-order valence-electron chi connectivity index (χ2n) is 5.77. The first-order valence-electron chi connectivity index (χ1n) is 8.29. The average Bonchev–Trinajstić information content (AvgIpc) is 2.58. The molecule has 1 aromatic rings. The highest BCUT2D eigenvalue weighted by Crippen LogP contribution is 2.09. The van der Waals surface area contributed by atoms with Gasteiger partial charge in [0.05, 0.1) is 7.11 Å². The van der Waals surface area contributed by atoms with Crippen LogP contribution in [0.25, 0.3) is 6.08 Å². The standard InChI is InChI=1S/C20H27NO3/c1-16(15-18-10-6-4-7-11-18)14-17(2)20(23)21-13-9-5-8-12-19(22)24-3/h4,6-7,10-11,14-15H,5,8-9,12-13H2,1-3H3,(H,21,23). The third kappa shape index (κ3) is 8.32. The Morgan fingerprint density at radius 1 is 1.08 bits per heavy atom. The minimum Gasteiger partial charge on any atom is -0.469 e. The summed E-state index contributed by atoms with van der Waals surface area (Å²) in [7, 11) is 1.39. The number of carbonyl (C=O) groups excluding carboxylic acids is 2. The fourth-order valence-corrected chi connectivity index (χ4v) is 2.28. The number of hydrogen-bond donors (Lipinski definition) is 1. The molecule has 130 valence electrons. The SMILES string of the molecule is COC(=O)CCCCCNC(=O)C(C)=CC(C)=Cc1ccccc1. The molecule has 0 aliphatic heterocycles. The zero-order chi connectivity index (χ0) is 17.8. The van der Waals surface area contributed by atoms with E-state index in [1.54, 1.807) is 0 Å². The van der Waals surface area contributed by atoms with Crippen LogP contribution in [0.15, 0.2) is 47.6 Å². The molecule has 4 heteroatoms. The van der Waals surface area contributed by atoms with Crippen LogP contribution in [0.3, 0.4) is 0 Å². The Bertz CT molecular complexity index is 588. The van der Waals surface area contributed by atoms with Crippen molar-refractivity contribution in [1.82, 2.24) is 5.32 Å². The molecule has 24 heavy (non-hydrogen) atoms. The van der Waals surface area contributed by atoms with Crippen LogP contribution in [0.5, 0.6) is 0 Å². The van der Waals surface area contributed by atoms with Gasteiger partial charge in [-0.25, -0.2) is 0 Å². The van der Waals surface area contributed by atoms with Gasteiger partial charge in [0.1, 0.15) is 0 Å². The molecule has 0 saturated carbocycles. The molecule has 0 aliphatic rings. The van der Waals surface area contributed by atoms with Crippen LogP contribution in [0.2, 0.25) is 0 Å².